The Labute approximate surface area is 217 Å². The third-order valence-corrected chi connectivity index (χ3v) is 5.84. The molecular weight excluding hydrogens is 459 g/mol. The lowest BCUT2D eigenvalue weighted by Crippen LogP contribution is -1.95. The van der Waals surface area contributed by atoms with E-state index in [0.29, 0.717) is 24.3 Å². The molecule has 0 saturated heterocycles. The first-order valence-electron chi connectivity index (χ1n) is 12.1. The predicted molar refractivity (Wildman–Crippen MR) is 146 cm³/mol. The average Bonchev–Trinajstić information content (AvgIpc) is 2.96. The summed E-state index contributed by atoms with van der Waals surface area (Å²) in [5.74, 6) is 7.35. The summed E-state index contributed by atoms with van der Waals surface area (Å²) in [5, 5.41) is 0. The van der Waals surface area contributed by atoms with E-state index in [2.05, 4.69) is 11.8 Å². The van der Waals surface area contributed by atoms with Crippen LogP contribution in [0.15, 0.2) is 127 Å². The van der Waals surface area contributed by atoms with Gasteiger partial charge in [-0.3, -0.25) is 0 Å². The van der Waals surface area contributed by atoms with Crippen molar-refractivity contribution in [2.75, 3.05) is 0 Å². The second-order valence-corrected chi connectivity index (χ2v) is 8.54. The van der Waals surface area contributed by atoms with Gasteiger partial charge in [0.2, 0.25) is 0 Å². The van der Waals surface area contributed by atoms with E-state index in [1.807, 2.05) is 115 Å². The van der Waals surface area contributed by atoms with E-state index >= 15 is 0 Å². The van der Waals surface area contributed by atoms with E-state index in [4.69, 9.17) is 9.47 Å². The Bertz CT molecular complexity index is 1500. The molecule has 37 heavy (non-hydrogen) atoms. The first-order chi connectivity index (χ1) is 18.2. The minimum atomic E-state index is -0.311. The lowest BCUT2D eigenvalue weighted by molar-refractivity contribution is 0.306. The Balaban J connectivity index is 1.19. The van der Waals surface area contributed by atoms with Crippen LogP contribution in [0, 0.1) is 17.7 Å². The van der Waals surface area contributed by atoms with Gasteiger partial charge in [-0.05, 0) is 65.2 Å². The quantitative estimate of drug-likeness (QED) is 0.218. The molecule has 180 valence electrons. The maximum Gasteiger partial charge on any atom is 0.132 e. The van der Waals surface area contributed by atoms with Crippen LogP contribution in [0.4, 0.5) is 4.39 Å². The topological polar surface area (TPSA) is 18.5 Å². The molecule has 0 aromatic heterocycles. The molecular formula is C34H25FO2. The summed E-state index contributed by atoms with van der Waals surface area (Å²) in [7, 11) is 0. The highest BCUT2D eigenvalue weighted by Crippen LogP contribution is 2.26. The Morgan fingerprint density at radius 1 is 0.514 bits per heavy atom. The lowest BCUT2D eigenvalue weighted by atomic mass is 10.0. The van der Waals surface area contributed by atoms with Crippen LogP contribution in [0.2, 0.25) is 0 Å². The molecule has 0 amide bonds. The van der Waals surface area contributed by atoms with Crippen molar-refractivity contribution < 1.29 is 13.9 Å². The molecule has 0 aliphatic rings. The second kappa shape index (κ2) is 11.7. The van der Waals surface area contributed by atoms with Gasteiger partial charge in [0.1, 0.15) is 30.5 Å². The molecule has 0 N–H and O–H groups in total. The summed E-state index contributed by atoms with van der Waals surface area (Å²) < 4.78 is 26.5. The highest BCUT2D eigenvalue weighted by molar-refractivity contribution is 5.66. The van der Waals surface area contributed by atoms with Crippen molar-refractivity contribution in [1.82, 2.24) is 0 Å². The van der Waals surface area contributed by atoms with Gasteiger partial charge in [0, 0.05) is 16.7 Å². The number of rotatable bonds is 7. The van der Waals surface area contributed by atoms with Gasteiger partial charge in [-0.15, -0.1) is 0 Å². The molecule has 5 rings (SSSR count). The van der Waals surface area contributed by atoms with E-state index in [1.165, 1.54) is 6.07 Å². The normalized spacial score (nSPS) is 10.3. The van der Waals surface area contributed by atoms with Crippen LogP contribution in [0.5, 0.6) is 11.5 Å². The minimum Gasteiger partial charge on any atom is -0.489 e. The highest BCUT2D eigenvalue weighted by atomic mass is 19.1. The van der Waals surface area contributed by atoms with E-state index in [0.717, 1.165) is 33.8 Å². The van der Waals surface area contributed by atoms with Gasteiger partial charge in [-0.1, -0.05) is 90.7 Å². The molecule has 2 nitrogen and oxygen atoms in total. The largest absolute Gasteiger partial charge is 0.489 e. The van der Waals surface area contributed by atoms with Crippen molar-refractivity contribution in [1.29, 1.82) is 0 Å². The van der Waals surface area contributed by atoms with Gasteiger partial charge in [0.25, 0.3) is 0 Å². The van der Waals surface area contributed by atoms with Crippen LogP contribution in [0.1, 0.15) is 22.3 Å². The van der Waals surface area contributed by atoms with E-state index in [9.17, 15) is 4.39 Å². The van der Waals surface area contributed by atoms with Gasteiger partial charge in [0.05, 0.1) is 0 Å². The van der Waals surface area contributed by atoms with E-state index < -0.39 is 0 Å². The van der Waals surface area contributed by atoms with Crippen molar-refractivity contribution in [2.45, 2.75) is 13.2 Å². The smallest absolute Gasteiger partial charge is 0.132 e. The third-order valence-electron chi connectivity index (χ3n) is 5.84. The molecule has 0 unspecified atom stereocenters. The van der Waals surface area contributed by atoms with Crippen LogP contribution in [-0.4, -0.2) is 0 Å². The predicted octanol–water partition coefficient (Wildman–Crippen LogP) is 8.05. The molecule has 0 saturated carbocycles. The average molecular weight is 485 g/mol. The molecule has 0 heterocycles. The maximum absolute atomic E-state index is 14.9. The monoisotopic (exact) mass is 484 g/mol. The fourth-order valence-electron chi connectivity index (χ4n) is 3.82. The summed E-state index contributed by atoms with van der Waals surface area (Å²) in [4.78, 5) is 0. The zero-order chi connectivity index (χ0) is 25.3. The summed E-state index contributed by atoms with van der Waals surface area (Å²) in [6.45, 7) is 1.01. The number of benzene rings is 5. The van der Waals surface area contributed by atoms with Crippen LogP contribution < -0.4 is 9.47 Å². The second-order valence-electron chi connectivity index (χ2n) is 8.54. The van der Waals surface area contributed by atoms with Crippen LogP contribution in [0.3, 0.4) is 0 Å². The zero-order valence-corrected chi connectivity index (χ0v) is 20.2. The maximum atomic E-state index is 14.9. The van der Waals surface area contributed by atoms with Crippen molar-refractivity contribution in [3.05, 3.63) is 155 Å². The molecule has 0 aliphatic heterocycles. The van der Waals surface area contributed by atoms with Crippen molar-refractivity contribution in [3.8, 4) is 34.5 Å². The summed E-state index contributed by atoms with van der Waals surface area (Å²) in [6.07, 6.45) is 0. The zero-order valence-electron chi connectivity index (χ0n) is 20.2. The van der Waals surface area contributed by atoms with Crippen molar-refractivity contribution >= 4 is 0 Å². The molecule has 3 heteroatoms. The van der Waals surface area contributed by atoms with Crippen LogP contribution in [-0.2, 0) is 13.2 Å². The molecule has 0 bridgehead atoms. The standard InChI is InChI=1S/C34H25FO2/c35-34-23-27(12-11-26-13-18-31(19-14-26)36-24-28-7-3-1-4-8-28)15-22-33(34)30-16-20-32(21-17-30)37-25-29-9-5-2-6-10-29/h1-10,13-23H,24-25H2. The van der Waals surface area contributed by atoms with Crippen molar-refractivity contribution in [3.63, 3.8) is 0 Å². The van der Waals surface area contributed by atoms with Gasteiger partial charge in [-0.2, -0.15) is 0 Å². The summed E-state index contributed by atoms with van der Waals surface area (Å²) in [5.41, 5.74) is 4.98. The highest BCUT2D eigenvalue weighted by Gasteiger charge is 2.06. The van der Waals surface area contributed by atoms with Gasteiger partial charge in [0.15, 0.2) is 0 Å². The molecule has 5 aromatic carbocycles. The molecule has 5 aromatic rings. The SMILES string of the molecule is Fc1cc(C#Cc2ccc(OCc3ccccc3)cc2)ccc1-c1ccc(OCc2ccccc2)cc1. The molecule has 0 aliphatic carbocycles. The third kappa shape index (κ3) is 6.66. The Kier molecular flexibility index (Phi) is 7.59. The van der Waals surface area contributed by atoms with Gasteiger partial charge in [-0.25, -0.2) is 4.39 Å². The number of halogens is 1. The fraction of sp³-hybridized carbons (Fsp3) is 0.0588. The fourth-order valence-corrected chi connectivity index (χ4v) is 3.82. The first kappa shape index (κ1) is 23.9. The Morgan fingerprint density at radius 2 is 1.00 bits per heavy atom. The van der Waals surface area contributed by atoms with E-state index in [1.54, 1.807) is 6.07 Å². The number of hydrogen-bond donors (Lipinski definition) is 0. The van der Waals surface area contributed by atoms with Crippen LogP contribution >= 0.6 is 0 Å². The molecule has 0 atom stereocenters. The molecule has 0 radical (unpaired) electrons. The van der Waals surface area contributed by atoms with Crippen molar-refractivity contribution in [2.24, 2.45) is 0 Å². The van der Waals surface area contributed by atoms with Crippen LogP contribution in [0.25, 0.3) is 11.1 Å². The summed E-state index contributed by atoms with van der Waals surface area (Å²) >= 11 is 0. The Hall–Kier alpha value is -4.81. The number of hydrogen-bond acceptors (Lipinski definition) is 2. The molecule has 0 spiro atoms. The van der Waals surface area contributed by atoms with Gasteiger partial charge < -0.3 is 9.47 Å². The van der Waals surface area contributed by atoms with Gasteiger partial charge >= 0.3 is 0 Å². The number of ether oxygens (including phenoxy) is 2. The van der Waals surface area contributed by atoms with E-state index in [-0.39, 0.29) is 5.82 Å². The Morgan fingerprint density at radius 3 is 1.54 bits per heavy atom. The lowest BCUT2D eigenvalue weighted by Gasteiger charge is -2.08. The first-order valence-corrected chi connectivity index (χ1v) is 12.1. The molecule has 0 fully saturated rings. The minimum absolute atomic E-state index is 0.311. The summed E-state index contributed by atoms with van der Waals surface area (Å²) in [6, 6.07) is 40.1.